The molecule has 1 fully saturated rings. The molecule has 1 saturated heterocycles. The number of hydrogen-bond acceptors (Lipinski definition) is 3. The molecule has 0 bridgehead atoms. The summed E-state index contributed by atoms with van der Waals surface area (Å²) >= 11 is 0. The molecule has 0 aliphatic carbocycles. The first-order valence-electron chi connectivity index (χ1n) is 6.24. The third kappa shape index (κ3) is 2.26. The predicted octanol–water partition coefficient (Wildman–Crippen LogP) is 2.82. The molecule has 1 aromatic heterocycles. The fraction of sp³-hybridized carbons (Fsp3) is 0.571. The van der Waals surface area contributed by atoms with E-state index in [0.717, 1.165) is 17.8 Å². The zero-order valence-electron chi connectivity index (χ0n) is 10.7. The highest BCUT2D eigenvalue weighted by Crippen LogP contribution is 2.32. The van der Waals surface area contributed by atoms with Crippen molar-refractivity contribution in [2.75, 3.05) is 11.4 Å². The van der Waals surface area contributed by atoms with E-state index < -0.39 is 0 Å². The van der Waals surface area contributed by atoms with Gasteiger partial charge in [0.05, 0.1) is 17.4 Å². The van der Waals surface area contributed by atoms with Gasteiger partial charge in [-0.3, -0.25) is 4.98 Å². The van der Waals surface area contributed by atoms with E-state index in [-0.39, 0.29) is 0 Å². The number of nitrogens with zero attached hydrogens (tertiary/aromatic N) is 3. The van der Waals surface area contributed by atoms with Crippen molar-refractivity contribution in [3.8, 4) is 6.07 Å². The van der Waals surface area contributed by atoms with Gasteiger partial charge in [0.15, 0.2) is 0 Å². The van der Waals surface area contributed by atoms with Gasteiger partial charge in [0.25, 0.3) is 0 Å². The van der Waals surface area contributed by atoms with Crippen molar-refractivity contribution in [2.24, 2.45) is 11.8 Å². The lowest BCUT2D eigenvalue weighted by Crippen LogP contribution is -2.46. The van der Waals surface area contributed by atoms with Crippen LogP contribution in [0.2, 0.25) is 0 Å². The van der Waals surface area contributed by atoms with Crippen molar-refractivity contribution in [2.45, 2.75) is 33.2 Å². The van der Waals surface area contributed by atoms with Gasteiger partial charge in [-0.15, -0.1) is 0 Å². The summed E-state index contributed by atoms with van der Waals surface area (Å²) in [6, 6.07) is 4.53. The Balaban J connectivity index is 2.35. The third-order valence-corrected chi connectivity index (χ3v) is 3.83. The summed E-state index contributed by atoms with van der Waals surface area (Å²) in [6.45, 7) is 7.82. The van der Waals surface area contributed by atoms with Gasteiger partial charge in [-0.05, 0) is 31.2 Å². The van der Waals surface area contributed by atoms with Crippen LogP contribution in [0.15, 0.2) is 18.5 Å². The third-order valence-electron chi connectivity index (χ3n) is 3.83. The second kappa shape index (κ2) is 4.75. The molecule has 3 nitrogen and oxygen atoms in total. The molecule has 3 unspecified atom stereocenters. The van der Waals surface area contributed by atoms with Crippen LogP contribution in [0, 0.1) is 23.2 Å². The van der Waals surface area contributed by atoms with Gasteiger partial charge in [0.1, 0.15) is 6.07 Å². The zero-order chi connectivity index (χ0) is 12.4. The molecule has 3 heteroatoms. The first-order valence-corrected chi connectivity index (χ1v) is 6.24. The Bertz CT molecular complexity index is 435. The average molecular weight is 229 g/mol. The largest absolute Gasteiger partial charge is 0.366 e. The molecule has 1 aliphatic heterocycles. The van der Waals surface area contributed by atoms with Crippen molar-refractivity contribution in [3.63, 3.8) is 0 Å². The quantitative estimate of drug-likeness (QED) is 0.743. The van der Waals surface area contributed by atoms with Crippen molar-refractivity contribution in [1.82, 2.24) is 4.98 Å². The monoisotopic (exact) mass is 229 g/mol. The smallest absolute Gasteiger partial charge is 0.101 e. The van der Waals surface area contributed by atoms with Crippen LogP contribution in [-0.4, -0.2) is 17.6 Å². The van der Waals surface area contributed by atoms with Gasteiger partial charge in [-0.2, -0.15) is 5.26 Å². The van der Waals surface area contributed by atoms with Gasteiger partial charge < -0.3 is 4.90 Å². The minimum Gasteiger partial charge on any atom is -0.366 e. The van der Waals surface area contributed by atoms with E-state index in [2.05, 4.69) is 36.7 Å². The minimum absolute atomic E-state index is 0.475. The second-order valence-electron chi connectivity index (χ2n) is 5.22. The Labute approximate surface area is 103 Å². The van der Waals surface area contributed by atoms with E-state index in [1.54, 1.807) is 12.3 Å². The van der Waals surface area contributed by atoms with Crippen LogP contribution in [-0.2, 0) is 0 Å². The highest BCUT2D eigenvalue weighted by Gasteiger charge is 2.30. The van der Waals surface area contributed by atoms with E-state index in [1.807, 2.05) is 6.20 Å². The van der Waals surface area contributed by atoms with Crippen molar-refractivity contribution >= 4 is 5.69 Å². The number of hydrogen-bond donors (Lipinski definition) is 0. The number of anilines is 1. The second-order valence-corrected chi connectivity index (χ2v) is 5.22. The van der Waals surface area contributed by atoms with Crippen LogP contribution < -0.4 is 4.90 Å². The van der Waals surface area contributed by atoms with Gasteiger partial charge in [-0.1, -0.05) is 13.8 Å². The first-order chi connectivity index (χ1) is 8.13. The molecule has 1 aliphatic rings. The zero-order valence-corrected chi connectivity index (χ0v) is 10.7. The molecule has 3 atom stereocenters. The van der Waals surface area contributed by atoms with Crippen LogP contribution in [0.5, 0.6) is 0 Å². The Kier molecular flexibility index (Phi) is 3.33. The topological polar surface area (TPSA) is 39.9 Å². The molecule has 1 aromatic rings. The summed E-state index contributed by atoms with van der Waals surface area (Å²) in [4.78, 5) is 6.50. The Hall–Kier alpha value is -1.56. The van der Waals surface area contributed by atoms with E-state index in [0.29, 0.717) is 17.9 Å². The fourth-order valence-corrected chi connectivity index (χ4v) is 2.74. The van der Waals surface area contributed by atoms with Gasteiger partial charge in [0, 0.05) is 18.8 Å². The maximum Gasteiger partial charge on any atom is 0.101 e. The van der Waals surface area contributed by atoms with Crippen LogP contribution >= 0.6 is 0 Å². The molecule has 2 rings (SSSR count). The molecule has 0 spiro atoms. The molecule has 0 aromatic carbocycles. The minimum atomic E-state index is 0.475. The van der Waals surface area contributed by atoms with E-state index in [1.165, 1.54) is 6.42 Å². The van der Waals surface area contributed by atoms with Gasteiger partial charge >= 0.3 is 0 Å². The number of aromatic nitrogens is 1. The molecule has 0 radical (unpaired) electrons. The molecular weight excluding hydrogens is 210 g/mol. The summed E-state index contributed by atoms with van der Waals surface area (Å²) in [6.07, 6.45) is 4.77. The SMILES string of the molecule is CC1CC(C)C(C)N(c2cnccc2C#N)C1. The Morgan fingerprint density at radius 2 is 2.18 bits per heavy atom. The molecule has 2 heterocycles. The first kappa shape index (κ1) is 11.9. The van der Waals surface area contributed by atoms with E-state index in [9.17, 15) is 0 Å². The van der Waals surface area contributed by atoms with Crippen LogP contribution in [0.3, 0.4) is 0 Å². The lowest BCUT2D eigenvalue weighted by Gasteiger charge is -2.42. The Morgan fingerprint density at radius 1 is 1.41 bits per heavy atom. The van der Waals surface area contributed by atoms with Gasteiger partial charge in [0.2, 0.25) is 0 Å². The van der Waals surface area contributed by atoms with E-state index in [4.69, 9.17) is 5.26 Å². The van der Waals surface area contributed by atoms with Crippen molar-refractivity contribution in [3.05, 3.63) is 24.0 Å². The predicted molar refractivity (Wildman–Crippen MR) is 68.7 cm³/mol. The number of pyridine rings is 1. The summed E-state index contributed by atoms with van der Waals surface area (Å²) in [5.41, 5.74) is 1.72. The normalized spacial score (nSPS) is 28.8. The lowest BCUT2D eigenvalue weighted by molar-refractivity contribution is 0.297. The summed E-state index contributed by atoms with van der Waals surface area (Å²) in [5, 5.41) is 9.16. The summed E-state index contributed by atoms with van der Waals surface area (Å²) in [7, 11) is 0. The van der Waals surface area contributed by atoms with Crippen LogP contribution in [0.4, 0.5) is 5.69 Å². The maximum atomic E-state index is 9.16. The van der Waals surface area contributed by atoms with Crippen molar-refractivity contribution < 1.29 is 0 Å². The molecule has 17 heavy (non-hydrogen) atoms. The maximum absolute atomic E-state index is 9.16. The van der Waals surface area contributed by atoms with E-state index >= 15 is 0 Å². The Morgan fingerprint density at radius 3 is 2.88 bits per heavy atom. The standard InChI is InChI=1S/C14H19N3/c1-10-6-11(2)12(3)17(9-10)14-8-16-5-4-13(14)7-15/h4-5,8,10-12H,6,9H2,1-3H3. The van der Waals surface area contributed by atoms with Crippen molar-refractivity contribution in [1.29, 1.82) is 5.26 Å². The number of rotatable bonds is 1. The molecule has 0 saturated carbocycles. The van der Waals surface area contributed by atoms with Crippen LogP contribution in [0.1, 0.15) is 32.8 Å². The number of nitriles is 1. The molecule has 0 amide bonds. The number of piperidine rings is 1. The molecule has 90 valence electrons. The summed E-state index contributed by atoms with van der Waals surface area (Å²) in [5.74, 6) is 1.33. The summed E-state index contributed by atoms with van der Waals surface area (Å²) < 4.78 is 0. The molecule has 0 N–H and O–H groups in total. The highest BCUT2D eigenvalue weighted by atomic mass is 15.2. The van der Waals surface area contributed by atoms with Gasteiger partial charge in [-0.25, -0.2) is 0 Å². The highest BCUT2D eigenvalue weighted by molar-refractivity contribution is 5.58. The van der Waals surface area contributed by atoms with Crippen LogP contribution in [0.25, 0.3) is 0 Å². The molecular formula is C14H19N3. The average Bonchev–Trinajstić information content (AvgIpc) is 2.33. The fourth-order valence-electron chi connectivity index (χ4n) is 2.74. The lowest BCUT2D eigenvalue weighted by atomic mass is 9.85.